The van der Waals surface area contributed by atoms with Crippen molar-refractivity contribution in [1.29, 1.82) is 0 Å². The second kappa shape index (κ2) is 7.76. The lowest BCUT2D eigenvalue weighted by molar-refractivity contribution is 0.204. The van der Waals surface area contributed by atoms with Crippen LogP contribution in [0.3, 0.4) is 0 Å². The van der Waals surface area contributed by atoms with Crippen molar-refractivity contribution in [1.82, 2.24) is 5.32 Å². The molecule has 4 heteroatoms. The normalized spacial score (nSPS) is 14.7. The monoisotopic (exact) mass is 294 g/mol. The van der Waals surface area contributed by atoms with Crippen molar-refractivity contribution in [2.45, 2.75) is 39.3 Å². The summed E-state index contributed by atoms with van der Waals surface area (Å²) in [5, 5.41) is 3.48. The molecule has 0 saturated heterocycles. The van der Waals surface area contributed by atoms with Crippen LogP contribution in [-0.4, -0.2) is 32.8 Å². The molecule has 0 heterocycles. The molecule has 0 amide bonds. The van der Waals surface area contributed by atoms with Crippen LogP contribution in [0.25, 0.3) is 0 Å². The molecular weight excluding hydrogens is 267 g/mol. The Morgan fingerprint density at radius 1 is 1.38 bits per heavy atom. The SMILES string of the molecule is COCCN(CC(C)C)c1ccc(F)cc1CNC1CC1. The quantitative estimate of drug-likeness (QED) is 0.757. The standard InChI is InChI=1S/C17H27FN2O/c1-13(2)12-20(8-9-21-3)17-7-4-15(18)10-14(17)11-19-16-5-6-16/h4,7,10,13,16,19H,5-6,8-9,11-12H2,1-3H3. The van der Waals surface area contributed by atoms with E-state index < -0.39 is 0 Å². The van der Waals surface area contributed by atoms with E-state index in [4.69, 9.17) is 4.74 Å². The molecule has 0 spiro atoms. The predicted octanol–water partition coefficient (Wildman–Crippen LogP) is 3.19. The molecule has 0 unspecified atom stereocenters. The molecule has 1 aromatic carbocycles. The number of nitrogens with zero attached hydrogens (tertiary/aromatic N) is 1. The van der Waals surface area contributed by atoms with Crippen molar-refractivity contribution >= 4 is 5.69 Å². The largest absolute Gasteiger partial charge is 0.383 e. The number of hydrogen-bond donors (Lipinski definition) is 1. The highest BCUT2D eigenvalue weighted by atomic mass is 19.1. The summed E-state index contributed by atoms with van der Waals surface area (Å²) in [4.78, 5) is 2.30. The molecule has 1 aliphatic rings. The van der Waals surface area contributed by atoms with E-state index in [1.807, 2.05) is 6.07 Å². The Kier molecular flexibility index (Phi) is 6.00. The molecule has 3 nitrogen and oxygen atoms in total. The summed E-state index contributed by atoms with van der Waals surface area (Å²) in [6, 6.07) is 5.73. The highest BCUT2D eigenvalue weighted by Gasteiger charge is 2.21. The summed E-state index contributed by atoms with van der Waals surface area (Å²) in [6.45, 7) is 7.60. The summed E-state index contributed by atoms with van der Waals surface area (Å²) in [7, 11) is 1.72. The van der Waals surface area contributed by atoms with Crippen molar-refractivity contribution in [3.05, 3.63) is 29.6 Å². The summed E-state index contributed by atoms with van der Waals surface area (Å²) in [5.41, 5.74) is 2.16. The minimum Gasteiger partial charge on any atom is -0.383 e. The van der Waals surface area contributed by atoms with E-state index in [2.05, 4.69) is 24.1 Å². The van der Waals surface area contributed by atoms with Crippen molar-refractivity contribution in [3.8, 4) is 0 Å². The van der Waals surface area contributed by atoms with Crippen LogP contribution in [-0.2, 0) is 11.3 Å². The number of methoxy groups -OCH3 is 1. The van der Waals surface area contributed by atoms with Gasteiger partial charge in [0.1, 0.15) is 5.82 Å². The first-order valence-electron chi connectivity index (χ1n) is 7.86. The van der Waals surface area contributed by atoms with Gasteiger partial charge in [0.15, 0.2) is 0 Å². The molecule has 2 rings (SSSR count). The van der Waals surface area contributed by atoms with Gasteiger partial charge in [0.05, 0.1) is 6.61 Å². The van der Waals surface area contributed by atoms with Gasteiger partial charge in [-0.1, -0.05) is 13.8 Å². The van der Waals surface area contributed by atoms with E-state index in [-0.39, 0.29) is 5.82 Å². The zero-order valence-corrected chi connectivity index (χ0v) is 13.4. The third kappa shape index (κ3) is 5.29. The smallest absolute Gasteiger partial charge is 0.123 e. The van der Waals surface area contributed by atoms with Crippen LogP contribution in [0.5, 0.6) is 0 Å². The third-order valence-electron chi connectivity index (χ3n) is 3.69. The van der Waals surface area contributed by atoms with Crippen LogP contribution in [0.2, 0.25) is 0 Å². The van der Waals surface area contributed by atoms with Crippen LogP contribution in [0, 0.1) is 11.7 Å². The van der Waals surface area contributed by atoms with E-state index in [9.17, 15) is 4.39 Å². The fourth-order valence-electron chi connectivity index (χ4n) is 2.50. The van der Waals surface area contributed by atoms with E-state index >= 15 is 0 Å². The summed E-state index contributed by atoms with van der Waals surface area (Å²) in [5.74, 6) is 0.388. The van der Waals surface area contributed by atoms with Gasteiger partial charge in [-0.15, -0.1) is 0 Å². The van der Waals surface area contributed by atoms with Gasteiger partial charge in [-0.25, -0.2) is 4.39 Å². The first kappa shape index (κ1) is 16.2. The highest BCUT2D eigenvalue weighted by molar-refractivity contribution is 5.54. The van der Waals surface area contributed by atoms with Crippen LogP contribution in [0.1, 0.15) is 32.3 Å². The molecule has 0 radical (unpaired) electrons. The Morgan fingerprint density at radius 2 is 2.14 bits per heavy atom. The fraction of sp³-hybridized carbons (Fsp3) is 0.647. The van der Waals surface area contributed by atoms with Crippen LogP contribution in [0.15, 0.2) is 18.2 Å². The first-order chi connectivity index (χ1) is 10.1. The number of halogens is 1. The Labute approximate surface area is 127 Å². The lowest BCUT2D eigenvalue weighted by Gasteiger charge is -2.29. The van der Waals surface area contributed by atoms with E-state index in [1.165, 1.54) is 12.8 Å². The van der Waals surface area contributed by atoms with Gasteiger partial charge < -0.3 is 15.0 Å². The molecular formula is C17H27FN2O. The maximum Gasteiger partial charge on any atom is 0.123 e. The zero-order chi connectivity index (χ0) is 15.2. The fourth-order valence-corrected chi connectivity index (χ4v) is 2.50. The van der Waals surface area contributed by atoms with Crippen LogP contribution < -0.4 is 10.2 Å². The topological polar surface area (TPSA) is 24.5 Å². The van der Waals surface area contributed by atoms with Gasteiger partial charge in [-0.05, 0) is 42.5 Å². The molecule has 0 atom stereocenters. The molecule has 1 fully saturated rings. The van der Waals surface area contributed by atoms with Crippen molar-refractivity contribution < 1.29 is 9.13 Å². The maximum absolute atomic E-state index is 13.6. The zero-order valence-electron chi connectivity index (χ0n) is 13.4. The van der Waals surface area contributed by atoms with Gasteiger partial charge in [0, 0.05) is 38.5 Å². The van der Waals surface area contributed by atoms with Gasteiger partial charge in [0.2, 0.25) is 0 Å². The second-order valence-corrected chi connectivity index (χ2v) is 6.26. The van der Waals surface area contributed by atoms with Gasteiger partial charge >= 0.3 is 0 Å². The van der Waals surface area contributed by atoms with Crippen LogP contribution in [0.4, 0.5) is 10.1 Å². The lowest BCUT2D eigenvalue weighted by Crippen LogP contribution is -2.32. The first-order valence-corrected chi connectivity index (χ1v) is 7.86. The summed E-state index contributed by atoms with van der Waals surface area (Å²) >= 11 is 0. The highest BCUT2D eigenvalue weighted by Crippen LogP contribution is 2.25. The third-order valence-corrected chi connectivity index (χ3v) is 3.69. The average Bonchev–Trinajstić information content (AvgIpc) is 3.25. The molecule has 21 heavy (non-hydrogen) atoms. The number of benzene rings is 1. The van der Waals surface area contributed by atoms with Crippen molar-refractivity contribution in [3.63, 3.8) is 0 Å². The molecule has 1 aromatic rings. The van der Waals surface area contributed by atoms with E-state index in [0.717, 1.165) is 30.9 Å². The minimum absolute atomic E-state index is 0.164. The van der Waals surface area contributed by atoms with Crippen LogP contribution >= 0.6 is 0 Å². The Balaban J connectivity index is 2.14. The Bertz CT molecular complexity index is 446. The van der Waals surface area contributed by atoms with E-state index in [1.54, 1.807) is 19.2 Å². The number of ether oxygens (including phenoxy) is 1. The Hall–Kier alpha value is -1.13. The number of nitrogens with one attached hydrogen (secondary N) is 1. The summed E-state index contributed by atoms with van der Waals surface area (Å²) < 4.78 is 18.8. The minimum atomic E-state index is -0.164. The molecule has 1 N–H and O–H groups in total. The molecule has 1 aliphatic carbocycles. The average molecular weight is 294 g/mol. The number of hydrogen-bond acceptors (Lipinski definition) is 3. The molecule has 118 valence electrons. The Morgan fingerprint density at radius 3 is 2.76 bits per heavy atom. The maximum atomic E-state index is 13.6. The molecule has 0 aromatic heterocycles. The van der Waals surface area contributed by atoms with Crippen molar-refractivity contribution in [2.24, 2.45) is 5.92 Å². The molecule has 1 saturated carbocycles. The molecule has 0 bridgehead atoms. The van der Waals surface area contributed by atoms with Crippen molar-refractivity contribution in [2.75, 3.05) is 31.7 Å². The molecule has 0 aliphatic heterocycles. The van der Waals surface area contributed by atoms with Gasteiger partial charge in [-0.3, -0.25) is 0 Å². The summed E-state index contributed by atoms with van der Waals surface area (Å²) in [6.07, 6.45) is 2.48. The lowest BCUT2D eigenvalue weighted by atomic mass is 10.1. The predicted molar refractivity (Wildman–Crippen MR) is 85.2 cm³/mol. The van der Waals surface area contributed by atoms with Gasteiger partial charge in [0.25, 0.3) is 0 Å². The number of anilines is 1. The van der Waals surface area contributed by atoms with Gasteiger partial charge in [-0.2, -0.15) is 0 Å². The number of rotatable bonds is 9. The second-order valence-electron chi connectivity index (χ2n) is 6.26. The van der Waals surface area contributed by atoms with E-state index in [0.29, 0.717) is 18.6 Å².